The van der Waals surface area contributed by atoms with Crippen molar-refractivity contribution >= 4 is 5.97 Å². The summed E-state index contributed by atoms with van der Waals surface area (Å²) in [7, 11) is 0. The van der Waals surface area contributed by atoms with Crippen molar-refractivity contribution in [3.05, 3.63) is 0 Å². The lowest BCUT2D eigenvalue weighted by Gasteiger charge is -2.39. The molecule has 0 radical (unpaired) electrons. The summed E-state index contributed by atoms with van der Waals surface area (Å²) in [5, 5.41) is 8.87. The summed E-state index contributed by atoms with van der Waals surface area (Å²) in [6, 6.07) is 1.55. The Morgan fingerprint density at radius 1 is 1.06 bits per heavy atom. The van der Waals surface area contributed by atoms with E-state index >= 15 is 0 Å². The highest BCUT2D eigenvalue weighted by atomic mass is 16.4. The van der Waals surface area contributed by atoms with Gasteiger partial charge in [0.1, 0.15) is 0 Å². The van der Waals surface area contributed by atoms with Crippen LogP contribution in [0.15, 0.2) is 0 Å². The molecule has 4 nitrogen and oxygen atoms in total. The lowest BCUT2D eigenvalue weighted by atomic mass is 9.96. The molecule has 3 rings (SSSR count). The van der Waals surface area contributed by atoms with Crippen molar-refractivity contribution in [1.82, 2.24) is 9.80 Å². The molecule has 4 heteroatoms. The van der Waals surface area contributed by atoms with Crippen molar-refractivity contribution in [1.29, 1.82) is 0 Å². The molecule has 3 fully saturated rings. The molecule has 1 N–H and O–H groups in total. The molecule has 3 aliphatic heterocycles. The Bertz CT molecular complexity index is 321. The minimum Gasteiger partial charge on any atom is -0.481 e. The van der Waals surface area contributed by atoms with Crippen LogP contribution in [0.5, 0.6) is 0 Å². The average Bonchev–Trinajstić information content (AvgIpc) is 2.95. The highest BCUT2D eigenvalue weighted by Gasteiger charge is 2.36. The second kappa shape index (κ2) is 5.17. The van der Waals surface area contributed by atoms with Crippen LogP contribution in [-0.2, 0) is 4.79 Å². The smallest absolute Gasteiger partial charge is 0.303 e. The summed E-state index contributed by atoms with van der Waals surface area (Å²) in [5.41, 5.74) is 0. The molecule has 0 amide bonds. The number of nitrogens with zero attached hydrogens (tertiary/aromatic N) is 2. The lowest BCUT2D eigenvalue weighted by molar-refractivity contribution is -0.138. The van der Waals surface area contributed by atoms with E-state index in [1.54, 1.807) is 0 Å². The van der Waals surface area contributed by atoms with Crippen LogP contribution in [0.2, 0.25) is 0 Å². The number of hydrogen-bond donors (Lipinski definition) is 1. The van der Waals surface area contributed by atoms with Crippen LogP contribution < -0.4 is 0 Å². The Kier molecular flexibility index (Phi) is 3.57. The van der Waals surface area contributed by atoms with Gasteiger partial charge in [-0.3, -0.25) is 9.69 Å². The SMILES string of the molecule is O=C(O)CC1CCN(C2CCN3CCCC3C2)C1. The van der Waals surface area contributed by atoms with Gasteiger partial charge in [-0.2, -0.15) is 0 Å². The second-order valence-corrected chi connectivity index (χ2v) is 6.26. The molecular weight excluding hydrogens is 228 g/mol. The molecule has 3 aliphatic rings. The second-order valence-electron chi connectivity index (χ2n) is 6.26. The first-order valence-corrected chi connectivity index (χ1v) is 7.42. The number of piperidine rings is 1. The Balaban J connectivity index is 1.52. The highest BCUT2D eigenvalue weighted by Crippen LogP contribution is 2.32. The molecule has 0 saturated carbocycles. The Hall–Kier alpha value is -0.610. The first-order chi connectivity index (χ1) is 8.72. The number of rotatable bonds is 3. The van der Waals surface area contributed by atoms with Crippen molar-refractivity contribution in [2.45, 2.75) is 50.6 Å². The number of carboxylic acid groups (broad SMARTS) is 1. The maximum atomic E-state index is 10.8. The molecule has 0 aliphatic carbocycles. The van der Waals surface area contributed by atoms with Gasteiger partial charge in [0, 0.05) is 25.0 Å². The molecule has 102 valence electrons. The van der Waals surface area contributed by atoms with Gasteiger partial charge in [0.15, 0.2) is 0 Å². The number of likely N-dealkylation sites (tertiary alicyclic amines) is 1. The van der Waals surface area contributed by atoms with Crippen LogP contribution in [0.1, 0.15) is 38.5 Å². The van der Waals surface area contributed by atoms with Crippen LogP contribution in [0.25, 0.3) is 0 Å². The van der Waals surface area contributed by atoms with Crippen LogP contribution in [-0.4, -0.2) is 59.1 Å². The summed E-state index contributed by atoms with van der Waals surface area (Å²) >= 11 is 0. The average molecular weight is 252 g/mol. The van der Waals surface area contributed by atoms with E-state index in [0.717, 1.165) is 31.6 Å². The molecule has 3 heterocycles. The van der Waals surface area contributed by atoms with E-state index in [2.05, 4.69) is 9.80 Å². The third kappa shape index (κ3) is 2.54. The quantitative estimate of drug-likeness (QED) is 0.825. The van der Waals surface area contributed by atoms with E-state index < -0.39 is 5.97 Å². The van der Waals surface area contributed by atoms with Crippen molar-refractivity contribution < 1.29 is 9.90 Å². The zero-order valence-corrected chi connectivity index (χ0v) is 11.1. The number of fused-ring (bicyclic) bond motifs is 1. The van der Waals surface area contributed by atoms with E-state index in [4.69, 9.17) is 5.11 Å². The Morgan fingerprint density at radius 2 is 1.83 bits per heavy atom. The zero-order chi connectivity index (χ0) is 12.5. The molecule has 0 aromatic carbocycles. The van der Waals surface area contributed by atoms with Crippen molar-refractivity contribution in [2.24, 2.45) is 5.92 Å². The van der Waals surface area contributed by atoms with Gasteiger partial charge >= 0.3 is 5.97 Å². The van der Waals surface area contributed by atoms with Gasteiger partial charge in [-0.05, 0) is 57.7 Å². The van der Waals surface area contributed by atoms with Gasteiger partial charge in [-0.15, -0.1) is 0 Å². The predicted octanol–water partition coefficient (Wildman–Crippen LogP) is 1.41. The van der Waals surface area contributed by atoms with Gasteiger partial charge in [0.25, 0.3) is 0 Å². The molecule has 18 heavy (non-hydrogen) atoms. The van der Waals surface area contributed by atoms with Crippen LogP contribution >= 0.6 is 0 Å². The molecule has 3 atom stereocenters. The molecule has 3 saturated heterocycles. The Labute approximate surface area is 109 Å². The van der Waals surface area contributed by atoms with E-state index in [-0.39, 0.29) is 0 Å². The minimum absolute atomic E-state index is 0.360. The predicted molar refractivity (Wildman–Crippen MR) is 69.5 cm³/mol. The largest absolute Gasteiger partial charge is 0.481 e. The number of aliphatic carboxylic acids is 1. The summed E-state index contributed by atoms with van der Waals surface area (Å²) in [4.78, 5) is 16.0. The van der Waals surface area contributed by atoms with Gasteiger partial charge < -0.3 is 10.0 Å². The van der Waals surface area contributed by atoms with Crippen molar-refractivity contribution in [2.75, 3.05) is 26.2 Å². The minimum atomic E-state index is -0.632. The van der Waals surface area contributed by atoms with Gasteiger partial charge in [-0.1, -0.05) is 0 Å². The molecule has 3 unspecified atom stereocenters. The fourth-order valence-corrected chi connectivity index (χ4v) is 4.14. The van der Waals surface area contributed by atoms with E-state index in [1.165, 1.54) is 38.8 Å². The van der Waals surface area contributed by atoms with Crippen molar-refractivity contribution in [3.63, 3.8) is 0 Å². The van der Waals surface area contributed by atoms with Crippen LogP contribution in [0, 0.1) is 5.92 Å². The third-order valence-corrected chi connectivity index (χ3v) is 5.09. The molecule has 0 bridgehead atoms. The number of carbonyl (C=O) groups is 1. The van der Waals surface area contributed by atoms with Crippen LogP contribution in [0.4, 0.5) is 0 Å². The fourth-order valence-electron chi connectivity index (χ4n) is 4.14. The van der Waals surface area contributed by atoms with Gasteiger partial charge in [0.05, 0.1) is 0 Å². The van der Waals surface area contributed by atoms with Gasteiger partial charge in [-0.25, -0.2) is 0 Å². The Morgan fingerprint density at radius 3 is 2.67 bits per heavy atom. The van der Waals surface area contributed by atoms with Gasteiger partial charge in [0.2, 0.25) is 0 Å². The van der Waals surface area contributed by atoms with Crippen molar-refractivity contribution in [3.8, 4) is 0 Å². The van der Waals surface area contributed by atoms with E-state index in [9.17, 15) is 4.79 Å². The highest BCUT2D eigenvalue weighted by molar-refractivity contribution is 5.67. The number of hydrogen-bond acceptors (Lipinski definition) is 3. The first-order valence-electron chi connectivity index (χ1n) is 7.42. The van der Waals surface area contributed by atoms with Crippen LogP contribution in [0.3, 0.4) is 0 Å². The van der Waals surface area contributed by atoms with E-state index in [1.807, 2.05) is 0 Å². The fraction of sp³-hybridized carbons (Fsp3) is 0.929. The number of carboxylic acids is 1. The molecule has 0 aromatic rings. The monoisotopic (exact) mass is 252 g/mol. The normalized spacial score (nSPS) is 37.9. The maximum absolute atomic E-state index is 10.8. The summed E-state index contributed by atoms with van der Waals surface area (Å²) < 4.78 is 0. The van der Waals surface area contributed by atoms with E-state index in [0.29, 0.717) is 12.3 Å². The standard InChI is InChI=1S/C14H24N2O2/c17-14(18)8-11-3-6-16(10-11)13-4-7-15-5-1-2-12(15)9-13/h11-13H,1-10H2,(H,17,18). The lowest BCUT2D eigenvalue weighted by Crippen LogP contribution is -2.46. The molecule has 0 aromatic heterocycles. The summed E-state index contributed by atoms with van der Waals surface area (Å²) in [5.74, 6) is -0.239. The third-order valence-electron chi connectivity index (χ3n) is 5.09. The first kappa shape index (κ1) is 12.4. The zero-order valence-electron chi connectivity index (χ0n) is 11.1. The molecular formula is C14H24N2O2. The topological polar surface area (TPSA) is 43.8 Å². The summed E-state index contributed by atoms with van der Waals surface area (Å²) in [6.07, 6.45) is 6.80. The summed E-state index contributed by atoms with van der Waals surface area (Å²) in [6.45, 7) is 4.70. The maximum Gasteiger partial charge on any atom is 0.303 e. The molecule has 0 spiro atoms.